The molecule has 3 nitrogen and oxygen atoms in total. The molecule has 1 aliphatic rings. The number of carbonyl (C=O) groups is 1. The van der Waals surface area contributed by atoms with Gasteiger partial charge in [-0.1, -0.05) is 30.3 Å². The first-order valence-corrected chi connectivity index (χ1v) is 7.25. The van der Waals surface area contributed by atoms with Gasteiger partial charge in [-0.05, 0) is 44.7 Å². The number of amides is 1. The molecule has 19 heavy (non-hydrogen) atoms. The van der Waals surface area contributed by atoms with Crippen LogP contribution in [0.25, 0.3) is 0 Å². The van der Waals surface area contributed by atoms with E-state index < -0.39 is 0 Å². The van der Waals surface area contributed by atoms with E-state index in [0.29, 0.717) is 6.54 Å². The zero-order valence-corrected chi connectivity index (χ0v) is 11.9. The first-order valence-electron chi connectivity index (χ1n) is 7.25. The van der Waals surface area contributed by atoms with Gasteiger partial charge in [0.2, 0.25) is 5.91 Å². The minimum absolute atomic E-state index is 0.255. The van der Waals surface area contributed by atoms with E-state index in [9.17, 15) is 4.79 Å². The second-order valence-corrected chi connectivity index (χ2v) is 5.29. The molecule has 1 saturated carbocycles. The van der Waals surface area contributed by atoms with E-state index >= 15 is 0 Å². The second kappa shape index (κ2) is 5.74. The van der Waals surface area contributed by atoms with Crippen LogP contribution in [0, 0.1) is 5.92 Å². The zero-order valence-electron chi connectivity index (χ0n) is 11.9. The average molecular weight is 260 g/mol. The van der Waals surface area contributed by atoms with Crippen molar-refractivity contribution in [3.8, 4) is 0 Å². The molecule has 2 N–H and O–H groups in total. The van der Waals surface area contributed by atoms with Gasteiger partial charge in [0, 0.05) is 13.1 Å². The molecule has 2 rings (SSSR count). The van der Waals surface area contributed by atoms with Crippen LogP contribution in [0.15, 0.2) is 30.3 Å². The predicted molar refractivity (Wildman–Crippen MR) is 77.8 cm³/mol. The fourth-order valence-electron chi connectivity index (χ4n) is 3.27. The van der Waals surface area contributed by atoms with Crippen LogP contribution < -0.4 is 5.73 Å². The van der Waals surface area contributed by atoms with Gasteiger partial charge in [-0.3, -0.25) is 4.79 Å². The second-order valence-electron chi connectivity index (χ2n) is 5.29. The molecule has 1 aliphatic carbocycles. The molecule has 104 valence electrons. The Morgan fingerprint density at radius 2 is 1.95 bits per heavy atom. The highest BCUT2D eigenvalue weighted by Crippen LogP contribution is 2.49. The topological polar surface area (TPSA) is 46.3 Å². The molecule has 1 aromatic rings. The third-order valence-corrected chi connectivity index (χ3v) is 4.59. The Hall–Kier alpha value is -1.35. The highest BCUT2D eigenvalue weighted by atomic mass is 16.2. The molecule has 0 aromatic heterocycles. The van der Waals surface area contributed by atoms with Crippen molar-refractivity contribution in [2.45, 2.75) is 32.1 Å². The fourth-order valence-corrected chi connectivity index (χ4v) is 3.27. The summed E-state index contributed by atoms with van der Waals surface area (Å²) in [5.41, 5.74) is 6.66. The molecular weight excluding hydrogens is 236 g/mol. The minimum atomic E-state index is -0.373. The van der Waals surface area contributed by atoms with Gasteiger partial charge in [-0.2, -0.15) is 0 Å². The van der Waals surface area contributed by atoms with Crippen LogP contribution in [0.4, 0.5) is 0 Å². The third-order valence-electron chi connectivity index (χ3n) is 4.59. The monoisotopic (exact) mass is 260 g/mol. The largest absolute Gasteiger partial charge is 0.342 e. The summed E-state index contributed by atoms with van der Waals surface area (Å²) in [6.07, 6.45) is 1.98. The summed E-state index contributed by atoms with van der Waals surface area (Å²) in [5, 5.41) is 0. The van der Waals surface area contributed by atoms with Crippen molar-refractivity contribution < 1.29 is 4.79 Å². The van der Waals surface area contributed by atoms with Gasteiger partial charge in [-0.15, -0.1) is 0 Å². The first-order chi connectivity index (χ1) is 9.20. The average Bonchev–Trinajstić information content (AvgIpc) is 2.41. The van der Waals surface area contributed by atoms with E-state index in [1.807, 2.05) is 36.9 Å². The van der Waals surface area contributed by atoms with Gasteiger partial charge in [0.1, 0.15) is 0 Å². The Morgan fingerprint density at radius 1 is 1.32 bits per heavy atom. The van der Waals surface area contributed by atoms with Crippen LogP contribution >= 0.6 is 0 Å². The molecule has 0 radical (unpaired) electrons. The number of hydrogen-bond donors (Lipinski definition) is 1. The summed E-state index contributed by atoms with van der Waals surface area (Å²) in [6, 6.07) is 10.2. The van der Waals surface area contributed by atoms with E-state index in [2.05, 4.69) is 12.1 Å². The van der Waals surface area contributed by atoms with Crippen LogP contribution in [0.5, 0.6) is 0 Å². The van der Waals surface area contributed by atoms with Crippen molar-refractivity contribution in [1.82, 2.24) is 4.90 Å². The molecule has 1 aromatic carbocycles. The number of likely N-dealkylation sites (N-methyl/N-ethyl adjacent to an activating group) is 1. The normalized spacial score (nSPS) is 25.7. The molecule has 1 amide bonds. The molecule has 3 heteroatoms. The highest BCUT2D eigenvalue weighted by molar-refractivity contribution is 5.90. The van der Waals surface area contributed by atoms with Gasteiger partial charge < -0.3 is 10.6 Å². The number of hydrogen-bond acceptors (Lipinski definition) is 2. The summed E-state index contributed by atoms with van der Waals surface area (Å²) >= 11 is 0. The van der Waals surface area contributed by atoms with Gasteiger partial charge >= 0.3 is 0 Å². The van der Waals surface area contributed by atoms with Gasteiger partial charge in [0.05, 0.1) is 5.41 Å². The lowest BCUT2D eigenvalue weighted by molar-refractivity contribution is -0.144. The van der Waals surface area contributed by atoms with Crippen molar-refractivity contribution in [1.29, 1.82) is 0 Å². The van der Waals surface area contributed by atoms with Crippen LogP contribution in [0.1, 0.15) is 32.3 Å². The van der Waals surface area contributed by atoms with Gasteiger partial charge in [0.25, 0.3) is 0 Å². The molecule has 0 aliphatic heterocycles. The Morgan fingerprint density at radius 3 is 2.37 bits per heavy atom. The molecular formula is C16H24N2O. The van der Waals surface area contributed by atoms with E-state index in [-0.39, 0.29) is 17.2 Å². The number of nitrogens with two attached hydrogens (primary N) is 1. The number of nitrogens with zero attached hydrogens (tertiary/aromatic N) is 1. The van der Waals surface area contributed by atoms with Crippen molar-refractivity contribution in [2.24, 2.45) is 11.7 Å². The Labute approximate surface area is 115 Å². The van der Waals surface area contributed by atoms with Crippen molar-refractivity contribution in [3.05, 3.63) is 35.9 Å². The summed E-state index contributed by atoms with van der Waals surface area (Å²) in [7, 11) is 0. The van der Waals surface area contributed by atoms with Crippen molar-refractivity contribution in [2.75, 3.05) is 19.6 Å². The smallest absolute Gasteiger partial charge is 0.233 e. The van der Waals surface area contributed by atoms with Gasteiger partial charge in [0.15, 0.2) is 0 Å². The fraction of sp³-hybridized carbons (Fsp3) is 0.562. The van der Waals surface area contributed by atoms with Crippen LogP contribution in [0.3, 0.4) is 0 Å². The van der Waals surface area contributed by atoms with Crippen LogP contribution in [-0.4, -0.2) is 30.4 Å². The minimum Gasteiger partial charge on any atom is -0.342 e. The molecule has 0 spiro atoms. The molecule has 2 atom stereocenters. The number of carbonyl (C=O) groups excluding carboxylic acids is 1. The summed E-state index contributed by atoms with van der Waals surface area (Å²) in [6.45, 7) is 6.19. The number of benzene rings is 1. The van der Waals surface area contributed by atoms with Crippen molar-refractivity contribution in [3.63, 3.8) is 0 Å². The Bertz CT molecular complexity index is 426. The van der Waals surface area contributed by atoms with E-state index in [0.717, 1.165) is 31.5 Å². The van der Waals surface area contributed by atoms with E-state index in [4.69, 9.17) is 5.73 Å². The maximum atomic E-state index is 12.9. The predicted octanol–water partition coefficient (Wildman–Crippen LogP) is 2.16. The molecule has 0 saturated heterocycles. The lowest BCUT2D eigenvalue weighted by Gasteiger charge is -2.50. The third kappa shape index (κ3) is 2.16. The van der Waals surface area contributed by atoms with Crippen LogP contribution in [0.2, 0.25) is 0 Å². The summed E-state index contributed by atoms with van der Waals surface area (Å²) < 4.78 is 0. The Balaban J connectivity index is 2.39. The molecule has 1 fully saturated rings. The van der Waals surface area contributed by atoms with Crippen molar-refractivity contribution >= 4 is 5.91 Å². The summed E-state index contributed by atoms with van der Waals surface area (Å²) in [4.78, 5) is 14.9. The lowest BCUT2D eigenvalue weighted by Crippen LogP contribution is -2.58. The lowest BCUT2D eigenvalue weighted by atomic mass is 9.56. The SMILES string of the molecule is CCN(CC)C(=O)C1(c2ccccc2)CCC1CN. The quantitative estimate of drug-likeness (QED) is 0.882. The zero-order chi connectivity index (χ0) is 13.9. The van der Waals surface area contributed by atoms with E-state index in [1.165, 1.54) is 0 Å². The van der Waals surface area contributed by atoms with E-state index in [1.54, 1.807) is 0 Å². The molecule has 0 heterocycles. The number of rotatable bonds is 5. The van der Waals surface area contributed by atoms with Gasteiger partial charge in [-0.25, -0.2) is 0 Å². The first kappa shape index (κ1) is 14.1. The highest BCUT2D eigenvalue weighted by Gasteiger charge is 2.54. The standard InChI is InChI=1S/C16H24N2O/c1-3-18(4-2)15(19)16(11-10-14(16)12-17)13-8-6-5-7-9-13/h5-9,14H,3-4,10-12,17H2,1-2H3. The maximum Gasteiger partial charge on any atom is 0.233 e. The van der Waals surface area contributed by atoms with Crippen LogP contribution in [-0.2, 0) is 10.2 Å². The Kier molecular flexibility index (Phi) is 4.25. The molecule has 0 bridgehead atoms. The maximum absolute atomic E-state index is 12.9. The summed E-state index contributed by atoms with van der Waals surface area (Å²) in [5.74, 6) is 0.536. The molecule has 2 unspecified atom stereocenters.